The molecule has 13 heteroatoms. The number of carboxylic acid groups (broad SMARTS) is 1. The minimum atomic E-state index is -4.57. The third-order valence-electron chi connectivity index (χ3n) is 7.59. The van der Waals surface area contributed by atoms with Gasteiger partial charge in [0.2, 0.25) is 15.9 Å². The molecule has 46 heavy (non-hydrogen) atoms. The van der Waals surface area contributed by atoms with Crippen molar-refractivity contribution in [2.75, 3.05) is 23.1 Å². The van der Waals surface area contributed by atoms with Crippen molar-refractivity contribution in [2.24, 2.45) is 0 Å². The molecule has 0 aliphatic carbocycles. The normalized spacial score (nSPS) is 14.5. The van der Waals surface area contributed by atoms with E-state index in [-0.39, 0.29) is 31.2 Å². The molecule has 1 aliphatic rings. The first-order chi connectivity index (χ1) is 21.9. The lowest BCUT2D eigenvalue weighted by atomic mass is 9.93. The smallest absolute Gasteiger partial charge is 0.326 e. The Labute approximate surface area is 275 Å². The first kappa shape index (κ1) is 33.3. The monoisotopic (exact) mass is 687 g/mol. The van der Waals surface area contributed by atoms with Crippen molar-refractivity contribution in [3.8, 4) is 0 Å². The van der Waals surface area contributed by atoms with Crippen molar-refractivity contribution < 1.29 is 31.9 Å². The second-order valence-corrected chi connectivity index (χ2v) is 13.7. The molecule has 0 bridgehead atoms. The Hall–Kier alpha value is -4.03. The maximum atomic E-state index is 14.4. The van der Waals surface area contributed by atoms with Gasteiger partial charge < -0.3 is 10.4 Å². The van der Waals surface area contributed by atoms with Crippen LogP contribution in [0.2, 0.25) is 10.0 Å². The zero-order valence-electron chi connectivity index (χ0n) is 24.2. The maximum Gasteiger partial charge on any atom is 0.326 e. The van der Waals surface area contributed by atoms with Gasteiger partial charge in [0.25, 0.3) is 0 Å². The second-order valence-electron chi connectivity index (χ2n) is 10.9. The molecule has 0 aromatic heterocycles. The number of sulfonamides is 1. The molecule has 2 N–H and O–H groups in total. The van der Waals surface area contributed by atoms with E-state index in [1.807, 2.05) is 29.2 Å². The van der Waals surface area contributed by atoms with Crippen molar-refractivity contribution in [1.29, 1.82) is 0 Å². The van der Waals surface area contributed by atoms with Gasteiger partial charge in [0.15, 0.2) is 0 Å². The summed E-state index contributed by atoms with van der Waals surface area (Å²) in [5.41, 5.74) is 2.08. The molecule has 1 saturated heterocycles. The lowest BCUT2D eigenvalue weighted by molar-refractivity contribution is -0.141. The maximum absolute atomic E-state index is 14.4. The highest BCUT2D eigenvalue weighted by Crippen LogP contribution is 2.37. The Morgan fingerprint density at radius 3 is 1.89 bits per heavy atom. The van der Waals surface area contributed by atoms with E-state index in [0.717, 1.165) is 27.6 Å². The van der Waals surface area contributed by atoms with E-state index < -0.39 is 51.4 Å². The molecule has 0 radical (unpaired) electrons. The van der Waals surface area contributed by atoms with E-state index in [1.165, 1.54) is 0 Å². The number of amides is 1. The minimum absolute atomic E-state index is 0.0743. The number of carbonyl (C=O) groups excluding carboxylic acids is 1. The van der Waals surface area contributed by atoms with Crippen molar-refractivity contribution in [3.63, 3.8) is 0 Å². The first-order valence-electron chi connectivity index (χ1n) is 14.2. The van der Waals surface area contributed by atoms with E-state index in [1.54, 1.807) is 54.6 Å². The number of nitrogens with one attached hydrogen (secondary N) is 1. The Morgan fingerprint density at radius 2 is 1.39 bits per heavy atom. The molecule has 1 atom stereocenters. The zero-order chi connectivity index (χ0) is 33.0. The molecular weight excluding hydrogens is 659 g/mol. The fourth-order valence-corrected chi connectivity index (χ4v) is 7.36. The highest BCUT2D eigenvalue weighted by Gasteiger charge is 2.43. The number of anilines is 1. The summed E-state index contributed by atoms with van der Waals surface area (Å²) in [5.74, 6) is -5.54. The van der Waals surface area contributed by atoms with E-state index in [0.29, 0.717) is 21.7 Å². The Bertz CT molecular complexity index is 1740. The molecule has 8 nitrogen and oxygen atoms in total. The van der Waals surface area contributed by atoms with Crippen LogP contribution in [0, 0.1) is 11.6 Å². The average Bonchev–Trinajstić information content (AvgIpc) is 2.97. The van der Waals surface area contributed by atoms with E-state index >= 15 is 0 Å². The van der Waals surface area contributed by atoms with Gasteiger partial charge in [0.1, 0.15) is 23.4 Å². The summed E-state index contributed by atoms with van der Waals surface area (Å²) in [6, 6.07) is 22.7. The number of likely N-dealkylation sites (tertiary alicyclic amines) is 1. The number of benzene rings is 4. The van der Waals surface area contributed by atoms with Crippen LogP contribution < -0.4 is 9.62 Å². The van der Waals surface area contributed by atoms with Crippen molar-refractivity contribution >= 4 is 50.8 Å². The van der Waals surface area contributed by atoms with Crippen LogP contribution in [-0.4, -0.2) is 61.2 Å². The number of nitrogens with zero attached hydrogens (tertiary/aromatic N) is 2. The largest absolute Gasteiger partial charge is 0.480 e. The lowest BCUT2D eigenvalue weighted by Crippen LogP contribution is -2.62. The summed E-state index contributed by atoms with van der Waals surface area (Å²) in [6.45, 7) is 0.279. The quantitative estimate of drug-likeness (QED) is 0.198. The van der Waals surface area contributed by atoms with Crippen LogP contribution >= 0.6 is 23.2 Å². The number of halogens is 4. The van der Waals surface area contributed by atoms with Gasteiger partial charge in [-0.25, -0.2) is 22.0 Å². The molecule has 1 heterocycles. The summed E-state index contributed by atoms with van der Waals surface area (Å²) < 4.78 is 57.2. The van der Waals surface area contributed by atoms with Crippen LogP contribution in [0.5, 0.6) is 0 Å². The molecule has 0 spiro atoms. The summed E-state index contributed by atoms with van der Waals surface area (Å²) >= 11 is 12.2. The van der Waals surface area contributed by atoms with Crippen LogP contribution in [0.1, 0.15) is 22.7 Å². The third kappa shape index (κ3) is 8.03. The van der Waals surface area contributed by atoms with Crippen molar-refractivity contribution in [1.82, 2.24) is 10.2 Å². The van der Waals surface area contributed by atoms with Gasteiger partial charge in [0.05, 0.1) is 17.8 Å². The first-order valence-corrected chi connectivity index (χ1v) is 16.6. The highest BCUT2D eigenvalue weighted by atomic mass is 35.5. The number of carboxylic acids is 1. The van der Waals surface area contributed by atoms with Crippen LogP contribution in [0.3, 0.4) is 0 Å². The van der Waals surface area contributed by atoms with Crippen molar-refractivity contribution in [2.45, 2.75) is 24.5 Å². The lowest BCUT2D eigenvalue weighted by Gasteiger charge is -2.49. The molecule has 5 rings (SSSR count). The summed E-state index contributed by atoms with van der Waals surface area (Å²) in [7, 11) is -4.57. The van der Waals surface area contributed by atoms with Crippen LogP contribution in [0.15, 0.2) is 97.1 Å². The van der Waals surface area contributed by atoms with E-state index in [4.69, 9.17) is 23.2 Å². The highest BCUT2D eigenvalue weighted by molar-refractivity contribution is 7.93. The summed E-state index contributed by atoms with van der Waals surface area (Å²) in [4.78, 5) is 26.9. The predicted molar refractivity (Wildman–Crippen MR) is 172 cm³/mol. The van der Waals surface area contributed by atoms with Gasteiger partial charge in [-0.1, -0.05) is 77.8 Å². The molecule has 4 aromatic rings. The zero-order valence-corrected chi connectivity index (χ0v) is 26.5. The van der Waals surface area contributed by atoms with Gasteiger partial charge in [-0.3, -0.25) is 14.0 Å². The number of aliphatic carboxylic acids is 1. The standard InChI is InChI=1S/C33H29Cl2F2N3O5S/c34-24-10-6-22(7-11-24)32(23-8-12-25(35)13-9-23)39-18-29(19-39)40(28-16-26(36)15-27(37)17-28)46(44,45)20-31(41)38-30(33(42)43)14-21-4-2-1-3-5-21/h1-13,15-17,29-30,32H,14,18-20H2,(H,38,41)(H,42,43). The second kappa shape index (κ2) is 14.2. The number of hydrogen-bond donors (Lipinski definition) is 2. The fourth-order valence-electron chi connectivity index (χ4n) is 5.54. The molecule has 240 valence electrons. The van der Waals surface area contributed by atoms with E-state index in [9.17, 15) is 31.9 Å². The predicted octanol–water partition coefficient (Wildman–Crippen LogP) is 5.69. The third-order valence-corrected chi connectivity index (χ3v) is 9.83. The van der Waals surface area contributed by atoms with Gasteiger partial charge in [0, 0.05) is 35.6 Å². The Morgan fingerprint density at radius 1 is 0.870 bits per heavy atom. The topological polar surface area (TPSA) is 107 Å². The number of rotatable bonds is 12. The molecule has 1 unspecified atom stereocenters. The average molecular weight is 689 g/mol. The Balaban J connectivity index is 1.40. The summed E-state index contributed by atoms with van der Waals surface area (Å²) in [6.07, 6.45) is -0.0743. The molecule has 1 aliphatic heterocycles. The molecular formula is C33H29Cl2F2N3O5S. The van der Waals surface area contributed by atoms with Crippen LogP contribution in [0.4, 0.5) is 14.5 Å². The van der Waals surface area contributed by atoms with Gasteiger partial charge in [-0.05, 0) is 53.1 Å². The van der Waals surface area contributed by atoms with E-state index in [2.05, 4.69) is 5.32 Å². The van der Waals surface area contributed by atoms with Crippen molar-refractivity contribution in [3.05, 3.63) is 135 Å². The molecule has 4 aromatic carbocycles. The van der Waals surface area contributed by atoms with Gasteiger partial charge in [-0.2, -0.15) is 0 Å². The number of carbonyl (C=O) groups is 2. The van der Waals surface area contributed by atoms with Gasteiger partial charge in [-0.15, -0.1) is 0 Å². The Kier molecular flexibility index (Phi) is 10.3. The number of hydrogen-bond acceptors (Lipinski definition) is 5. The fraction of sp³-hybridized carbons (Fsp3) is 0.212. The van der Waals surface area contributed by atoms with Crippen LogP contribution in [0.25, 0.3) is 0 Å². The minimum Gasteiger partial charge on any atom is -0.480 e. The molecule has 1 fully saturated rings. The van der Waals surface area contributed by atoms with Crippen LogP contribution in [-0.2, 0) is 26.0 Å². The summed E-state index contributed by atoms with van der Waals surface area (Å²) in [5, 5.41) is 13.0. The van der Waals surface area contributed by atoms with Gasteiger partial charge >= 0.3 is 5.97 Å². The molecule has 0 saturated carbocycles. The molecule has 1 amide bonds. The SMILES string of the molecule is O=C(CS(=O)(=O)N(c1cc(F)cc(F)c1)C1CN(C(c2ccc(Cl)cc2)c2ccc(Cl)cc2)C1)NC(Cc1ccccc1)C(=O)O.